The van der Waals surface area contributed by atoms with Crippen molar-refractivity contribution < 1.29 is 9.31 Å². The van der Waals surface area contributed by atoms with Crippen molar-refractivity contribution in [3.63, 3.8) is 0 Å². The molecule has 2 rings (SSSR count). The molecule has 20 heavy (non-hydrogen) atoms. The monoisotopic (exact) mass is 276 g/mol. The number of benzene rings is 1. The minimum Gasteiger partial charge on any atom is -0.377 e. The summed E-state index contributed by atoms with van der Waals surface area (Å²) in [6.07, 6.45) is 3.15. The largest absolute Gasteiger partial charge is 0.377 e. The molecule has 2 aromatic rings. The fraction of sp³-hybridized carbons (Fsp3) is 0.231. The van der Waals surface area contributed by atoms with Gasteiger partial charge in [0.25, 0.3) is 5.69 Å². The lowest BCUT2D eigenvalue weighted by Crippen LogP contribution is -2.11. The number of rotatable bonds is 4. The Morgan fingerprint density at radius 1 is 1.30 bits per heavy atom. The number of nitrogens with zero attached hydrogens (tertiary/aromatic N) is 3. The van der Waals surface area contributed by atoms with E-state index in [4.69, 9.17) is 0 Å². The third-order valence-electron chi connectivity index (χ3n) is 2.81. The number of anilines is 1. The Balaban J connectivity index is 2.26. The minimum absolute atomic E-state index is 0.245. The molecule has 1 unspecified atom stereocenters. The van der Waals surface area contributed by atoms with E-state index < -0.39 is 10.7 Å². The van der Waals surface area contributed by atoms with Crippen molar-refractivity contribution in [3.8, 4) is 0 Å². The van der Waals surface area contributed by atoms with Crippen LogP contribution in [0.1, 0.15) is 24.4 Å². The van der Waals surface area contributed by atoms with Crippen molar-refractivity contribution >= 4 is 11.4 Å². The van der Waals surface area contributed by atoms with Gasteiger partial charge in [0, 0.05) is 24.1 Å². The molecule has 1 aromatic carbocycles. The second kappa shape index (κ2) is 5.60. The van der Waals surface area contributed by atoms with Gasteiger partial charge in [-0.15, -0.1) is 0 Å². The van der Waals surface area contributed by atoms with Crippen molar-refractivity contribution in [3.05, 3.63) is 57.9 Å². The van der Waals surface area contributed by atoms with E-state index in [0.29, 0.717) is 11.4 Å². The minimum atomic E-state index is -0.662. The van der Waals surface area contributed by atoms with Crippen LogP contribution in [-0.4, -0.2) is 14.9 Å². The van der Waals surface area contributed by atoms with Crippen LogP contribution < -0.4 is 5.32 Å². The molecule has 0 fully saturated rings. The van der Waals surface area contributed by atoms with Crippen molar-refractivity contribution in [2.45, 2.75) is 19.9 Å². The fourth-order valence-corrected chi connectivity index (χ4v) is 1.92. The summed E-state index contributed by atoms with van der Waals surface area (Å²) in [6, 6.07) is 3.12. The number of halogens is 1. The highest BCUT2D eigenvalue weighted by Gasteiger charge is 2.14. The zero-order valence-electron chi connectivity index (χ0n) is 11.0. The Hall–Kier alpha value is -2.57. The Morgan fingerprint density at radius 2 is 2.00 bits per heavy atom. The van der Waals surface area contributed by atoms with E-state index in [-0.39, 0.29) is 11.7 Å². The lowest BCUT2D eigenvalue weighted by molar-refractivity contribution is -0.385. The lowest BCUT2D eigenvalue weighted by Gasteiger charge is -2.16. The van der Waals surface area contributed by atoms with Gasteiger partial charge in [0.15, 0.2) is 0 Å². The second-order valence-corrected chi connectivity index (χ2v) is 4.35. The lowest BCUT2D eigenvalue weighted by atomic mass is 10.1. The predicted molar refractivity (Wildman–Crippen MR) is 71.9 cm³/mol. The quantitative estimate of drug-likeness (QED) is 0.685. The molecular weight excluding hydrogens is 263 g/mol. The van der Waals surface area contributed by atoms with Crippen LogP contribution in [0.4, 0.5) is 15.8 Å². The molecular formula is C13H13FN4O2. The van der Waals surface area contributed by atoms with Crippen LogP contribution >= 0.6 is 0 Å². The number of aryl methyl sites for hydroxylation is 1. The molecule has 0 saturated heterocycles. The number of non-ortho nitro benzene ring substituents is 1. The number of hydrogen-bond donors (Lipinski definition) is 1. The summed E-state index contributed by atoms with van der Waals surface area (Å²) in [7, 11) is 0. The first-order chi connectivity index (χ1) is 9.47. The van der Waals surface area contributed by atoms with Crippen molar-refractivity contribution in [1.82, 2.24) is 9.97 Å². The van der Waals surface area contributed by atoms with Crippen LogP contribution in [0.3, 0.4) is 0 Å². The zero-order valence-corrected chi connectivity index (χ0v) is 11.0. The molecule has 7 heteroatoms. The van der Waals surface area contributed by atoms with E-state index in [1.807, 2.05) is 13.8 Å². The summed E-state index contributed by atoms with van der Waals surface area (Å²) in [5.41, 5.74) is 1.49. The van der Waals surface area contributed by atoms with Crippen molar-refractivity contribution in [1.29, 1.82) is 0 Å². The molecule has 104 valence electrons. The van der Waals surface area contributed by atoms with Gasteiger partial charge >= 0.3 is 0 Å². The highest BCUT2D eigenvalue weighted by atomic mass is 19.1. The fourth-order valence-electron chi connectivity index (χ4n) is 1.92. The van der Waals surface area contributed by atoms with Gasteiger partial charge in [-0.05, 0) is 19.9 Å². The average molecular weight is 276 g/mol. The molecule has 1 atom stereocenters. The van der Waals surface area contributed by atoms with E-state index in [0.717, 1.165) is 11.8 Å². The Labute approximate surface area is 114 Å². The maximum Gasteiger partial charge on any atom is 0.274 e. The molecule has 0 saturated carbocycles. The number of nitro benzene ring substituents is 1. The van der Waals surface area contributed by atoms with Gasteiger partial charge in [0.1, 0.15) is 5.82 Å². The van der Waals surface area contributed by atoms with Gasteiger partial charge in [-0.3, -0.25) is 20.1 Å². The summed E-state index contributed by atoms with van der Waals surface area (Å²) < 4.78 is 13.3. The van der Waals surface area contributed by atoms with E-state index in [1.165, 1.54) is 12.1 Å². The third kappa shape index (κ3) is 3.05. The van der Waals surface area contributed by atoms with Gasteiger partial charge in [-0.1, -0.05) is 0 Å². The van der Waals surface area contributed by atoms with Crippen LogP contribution in [0, 0.1) is 22.9 Å². The molecule has 1 aromatic heterocycles. The first-order valence-electron chi connectivity index (χ1n) is 5.96. The number of aromatic nitrogens is 2. The summed E-state index contributed by atoms with van der Waals surface area (Å²) in [4.78, 5) is 18.4. The van der Waals surface area contributed by atoms with Gasteiger partial charge < -0.3 is 5.32 Å². The molecule has 0 radical (unpaired) electrons. The highest BCUT2D eigenvalue weighted by molar-refractivity contribution is 5.52. The van der Waals surface area contributed by atoms with E-state index in [9.17, 15) is 14.5 Å². The average Bonchev–Trinajstić information content (AvgIpc) is 2.38. The molecule has 0 aliphatic heterocycles. The van der Waals surface area contributed by atoms with Gasteiger partial charge in [0.05, 0.1) is 28.4 Å². The van der Waals surface area contributed by atoms with Gasteiger partial charge in [0.2, 0.25) is 0 Å². The number of nitro groups is 1. The predicted octanol–water partition coefficient (Wildman–Crippen LogP) is 3.01. The zero-order chi connectivity index (χ0) is 14.7. The molecule has 0 spiro atoms. The normalized spacial score (nSPS) is 11.9. The van der Waals surface area contributed by atoms with E-state index in [1.54, 1.807) is 12.4 Å². The maximum absolute atomic E-state index is 13.3. The van der Waals surface area contributed by atoms with Crippen LogP contribution in [-0.2, 0) is 0 Å². The van der Waals surface area contributed by atoms with E-state index >= 15 is 0 Å². The van der Waals surface area contributed by atoms with Crippen LogP contribution in [0.2, 0.25) is 0 Å². The molecule has 6 nitrogen and oxygen atoms in total. The molecule has 0 amide bonds. The van der Waals surface area contributed by atoms with Crippen LogP contribution in [0.25, 0.3) is 0 Å². The second-order valence-electron chi connectivity index (χ2n) is 4.35. The van der Waals surface area contributed by atoms with Crippen molar-refractivity contribution in [2.24, 2.45) is 0 Å². The summed E-state index contributed by atoms with van der Waals surface area (Å²) >= 11 is 0. The topological polar surface area (TPSA) is 81.0 Å². The van der Waals surface area contributed by atoms with Gasteiger partial charge in [-0.2, -0.15) is 0 Å². The molecule has 0 aliphatic carbocycles. The van der Waals surface area contributed by atoms with Crippen LogP contribution in [0.5, 0.6) is 0 Å². The summed E-state index contributed by atoms with van der Waals surface area (Å²) in [6.45, 7) is 3.64. The first-order valence-corrected chi connectivity index (χ1v) is 5.96. The maximum atomic E-state index is 13.3. The van der Waals surface area contributed by atoms with Crippen molar-refractivity contribution in [2.75, 3.05) is 5.32 Å². The molecule has 1 N–H and O–H groups in total. The SMILES string of the molecule is Cc1nccnc1C(C)Nc1cc(F)cc([N+](=O)[O-])c1. The third-order valence-corrected chi connectivity index (χ3v) is 2.81. The summed E-state index contributed by atoms with van der Waals surface area (Å²) in [5.74, 6) is -0.662. The van der Waals surface area contributed by atoms with Crippen LogP contribution in [0.15, 0.2) is 30.6 Å². The Morgan fingerprint density at radius 3 is 2.65 bits per heavy atom. The smallest absolute Gasteiger partial charge is 0.274 e. The van der Waals surface area contributed by atoms with Gasteiger partial charge in [-0.25, -0.2) is 4.39 Å². The summed E-state index contributed by atoms with van der Waals surface area (Å²) in [5, 5.41) is 13.7. The Kier molecular flexibility index (Phi) is 3.88. The van der Waals surface area contributed by atoms with E-state index in [2.05, 4.69) is 15.3 Å². The first kappa shape index (κ1) is 13.9. The molecule has 1 heterocycles. The molecule has 0 bridgehead atoms. The molecule has 0 aliphatic rings. The number of nitrogens with one attached hydrogen (secondary N) is 1. The highest BCUT2D eigenvalue weighted by Crippen LogP contribution is 2.24. The Bertz CT molecular complexity index is 648. The standard InChI is InChI=1S/C13H13FN4O2/c1-8-13(16-4-3-15-8)9(2)17-11-5-10(14)6-12(7-11)18(19)20/h3-7,9,17H,1-2H3. The number of hydrogen-bond acceptors (Lipinski definition) is 5.